The molecule has 1 aromatic carbocycles. The van der Waals surface area contributed by atoms with E-state index in [4.69, 9.17) is 23.2 Å². The van der Waals surface area contributed by atoms with Gasteiger partial charge in [-0.05, 0) is 43.9 Å². The summed E-state index contributed by atoms with van der Waals surface area (Å²) < 4.78 is 27.4. The molecule has 0 saturated carbocycles. The van der Waals surface area contributed by atoms with Gasteiger partial charge in [0.05, 0.1) is 5.02 Å². The quantitative estimate of drug-likeness (QED) is 0.704. The zero-order valence-corrected chi connectivity index (χ0v) is 14.5. The van der Waals surface area contributed by atoms with Gasteiger partial charge in [0.25, 0.3) is 0 Å². The van der Waals surface area contributed by atoms with Crippen molar-refractivity contribution in [2.45, 2.75) is 47.5 Å². The first-order valence-electron chi connectivity index (χ1n) is 6.52. The van der Waals surface area contributed by atoms with Crippen molar-refractivity contribution in [3.05, 3.63) is 28.2 Å². The number of rotatable bonds is 2. The van der Waals surface area contributed by atoms with Gasteiger partial charge in [-0.25, -0.2) is 8.42 Å². The summed E-state index contributed by atoms with van der Waals surface area (Å²) in [6.45, 7) is 0. The fourth-order valence-corrected chi connectivity index (χ4v) is 6.74. The number of piperidine rings is 1. The minimum absolute atomic E-state index is 0.0678. The van der Waals surface area contributed by atoms with Crippen LogP contribution in [0.2, 0.25) is 10.0 Å². The molecule has 3 nitrogen and oxygen atoms in total. The van der Waals surface area contributed by atoms with Crippen LogP contribution in [0.3, 0.4) is 0 Å². The minimum atomic E-state index is -3.58. The molecule has 2 bridgehead atoms. The van der Waals surface area contributed by atoms with Crippen LogP contribution in [-0.2, 0) is 10.0 Å². The van der Waals surface area contributed by atoms with Gasteiger partial charge in [0.15, 0.2) is 0 Å². The molecule has 3 rings (SSSR count). The fraction of sp³-hybridized carbons (Fsp3) is 0.538. The molecule has 0 radical (unpaired) electrons. The lowest BCUT2D eigenvalue weighted by atomic mass is 10.1. The van der Waals surface area contributed by atoms with Gasteiger partial charge in [-0.3, -0.25) is 0 Å². The highest BCUT2D eigenvalue weighted by Gasteiger charge is 2.47. The molecule has 0 aliphatic carbocycles. The number of alkyl halides is 1. The molecule has 2 saturated heterocycles. The lowest BCUT2D eigenvalue weighted by Crippen LogP contribution is -2.46. The first kappa shape index (κ1) is 15.1. The molecule has 0 spiro atoms. The Morgan fingerprint density at radius 3 is 2.35 bits per heavy atom. The van der Waals surface area contributed by atoms with Crippen molar-refractivity contribution in [3.63, 3.8) is 0 Å². The maximum atomic E-state index is 12.9. The Morgan fingerprint density at radius 1 is 1.15 bits per heavy atom. The summed E-state index contributed by atoms with van der Waals surface area (Å²) in [5.74, 6) is 0. The number of nitrogens with zero attached hydrogens (tertiary/aromatic N) is 1. The average Bonchev–Trinajstić information content (AvgIpc) is 2.66. The smallest absolute Gasteiger partial charge is 0.207 e. The van der Waals surface area contributed by atoms with Gasteiger partial charge < -0.3 is 0 Å². The summed E-state index contributed by atoms with van der Waals surface area (Å²) >= 11 is 15.6. The molecule has 0 amide bonds. The average molecular weight is 399 g/mol. The first-order chi connectivity index (χ1) is 9.39. The van der Waals surface area contributed by atoms with Crippen LogP contribution >= 0.6 is 39.1 Å². The lowest BCUT2D eigenvalue weighted by molar-refractivity contribution is 0.255. The summed E-state index contributed by atoms with van der Waals surface area (Å²) in [6, 6.07) is 4.72. The number of hydrogen-bond acceptors (Lipinski definition) is 2. The second kappa shape index (κ2) is 5.43. The molecular weight excluding hydrogens is 385 g/mol. The SMILES string of the molecule is O=S(=O)(c1cc(Cl)ccc1Cl)N1C2CCC1CC(Br)C2. The Labute approximate surface area is 137 Å². The number of benzene rings is 1. The highest BCUT2D eigenvalue weighted by Crippen LogP contribution is 2.43. The van der Waals surface area contributed by atoms with Gasteiger partial charge in [-0.1, -0.05) is 39.1 Å². The summed E-state index contributed by atoms with van der Waals surface area (Å²) in [5, 5.41) is 0.616. The number of halogens is 3. The Balaban J connectivity index is 2.03. The molecule has 2 aliphatic heterocycles. The molecule has 1 aromatic rings. The monoisotopic (exact) mass is 397 g/mol. The van der Waals surface area contributed by atoms with Gasteiger partial charge in [-0.15, -0.1) is 0 Å². The number of sulfonamides is 1. The summed E-state index contributed by atoms with van der Waals surface area (Å²) in [5.41, 5.74) is 0. The van der Waals surface area contributed by atoms with Crippen molar-refractivity contribution >= 4 is 49.2 Å². The van der Waals surface area contributed by atoms with Crippen LogP contribution in [-0.4, -0.2) is 29.6 Å². The molecule has 110 valence electrons. The van der Waals surface area contributed by atoms with E-state index >= 15 is 0 Å². The maximum Gasteiger partial charge on any atom is 0.245 e. The highest BCUT2D eigenvalue weighted by atomic mass is 79.9. The van der Waals surface area contributed by atoms with E-state index < -0.39 is 10.0 Å². The molecule has 2 atom stereocenters. The Kier molecular flexibility index (Phi) is 4.10. The van der Waals surface area contributed by atoms with E-state index in [1.165, 1.54) is 12.1 Å². The largest absolute Gasteiger partial charge is 0.245 e. The van der Waals surface area contributed by atoms with Crippen molar-refractivity contribution < 1.29 is 8.42 Å². The zero-order chi connectivity index (χ0) is 14.5. The van der Waals surface area contributed by atoms with Crippen LogP contribution in [0.25, 0.3) is 0 Å². The van der Waals surface area contributed by atoms with Crippen molar-refractivity contribution in [2.75, 3.05) is 0 Å². The van der Waals surface area contributed by atoms with Gasteiger partial charge in [0.2, 0.25) is 10.0 Å². The van der Waals surface area contributed by atoms with E-state index in [0.717, 1.165) is 25.7 Å². The van der Waals surface area contributed by atoms with Gasteiger partial charge in [0.1, 0.15) is 4.90 Å². The van der Waals surface area contributed by atoms with E-state index in [0.29, 0.717) is 9.85 Å². The summed E-state index contributed by atoms with van der Waals surface area (Å²) in [4.78, 5) is 0.526. The van der Waals surface area contributed by atoms with E-state index in [1.807, 2.05) is 0 Å². The van der Waals surface area contributed by atoms with Crippen LogP contribution in [0.15, 0.2) is 23.1 Å². The molecule has 2 fully saturated rings. The van der Waals surface area contributed by atoms with Crippen molar-refractivity contribution in [1.29, 1.82) is 0 Å². The second-order valence-electron chi connectivity index (χ2n) is 5.36. The van der Waals surface area contributed by atoms with Crippen LogP contribution in [0.1, 0.15) is 25.7 Å². The van der Waals surface area contributed by atoms with Gasteiger partial charge in [0, 0.05) is 21.9 Å². The van der Waals surface area contributed by atoms with Crippen molar-refractivity contribution in [3.8, 4) is 0 Å². The van der Waals surface area contributed by atoms with E-state index in [2.05, 4.69) is 15.9 Å². The second-order valence-corrected chi connectivity index (χ2v) is 9.31. The van der Waals surface area contributed by atoms with E-state index in [9.17, 15) is 8.42 Å². The predicted octanol–water partition coefficient (Wildman–Crippen LogP) is 4.07. The van der Waals surface area contributed by atoms with Crippen LogP contribution < -0.4 is 0 Å². The molecule has 7 heteroatoms. The predicted molar refractivity (Wildman–Crippen MR) is 84.2 cm³/mol. The third-order valence-electron chi connectivity index (χ3n) is 4.06. The Bertz CT molecular complexity index is 623. The fourth-order valence-electron chi connectivity index (χ4n) is 3.25. The first-order valence-corrected chi connectivity index (χ1v) is 9.63. The van der Waals surface area contributed by atoms with E-state index in [-0.39, 0.29) is 22.0 Å². The molecular formula is C13H14BrCl2NO2S. The molecule has 2 aliphatic rings. The van der Waals surface area contributed by atoms with Crippen molar-refractivity contribution in [2.24, 2.45) is 0 Å². The molecule has 0 N–H and O–H groups in total. The summed E-state index contributed by atoms with van der Waals surface area (Å²) in [7, 11) is -3.58. The Hall–Kier alpha value is 0.190. The minimum Gasteiger partial charge on any atom is -0.207 e. The lowest BCUT2D eigenvalue weighted by Gasteiger charge is -2.36. The molecule has 20 heavy (non-hydrogen) atoms. The van der Waals surface area contributed by atoms with E-state index in [1.54, 1.807) is 10.4 Å². The third-order valence-corrected chi connectivity index (χ3v) is 7.53. The highest BCUT2D eigenvalue weighted by molar-refractivity contribution is 9.09. The summed E-state index contributed by atoms with van der Waals surface area (Å²) in [6.07, 6.45) is 3.55. The topological polar surface area (TPSA) is 37.4 Å². The van der Waals surface area contributed by atoms with Crippen LogP contribution in [0.4, 0.5) is 0 Å². The molecule has 2 unspecified atom stereocenters. The van der Waals surface area contributed by atoms with Gasteiger partial charge >= 0.3 is 0 Å². The van der Waals surface area contributed by atoms with Crippen LogP contribution in [0, 0.1) is 0 Å². The van der Waals surface area contributed by atoms with Crippen molar-refractivity contribution in [1.82, 2.24) is 4.31 Å². The Morgan fingerprint density at radius 2 is 1.75 bits per heavy atom. The maximum absolute atomic E-state index is 12.9. The normalized spacial score (nSPS) is 30.6. The number of fused-ring (bicyclic) bond motifs is 2. The zero-order valence-electron chi connectivity index (χ0n) is 10.6. The van der Waals surface area contributed by atoms with Crippen LogP contribution in [0.5, 0.6) is 0 Å². The third kappa shape index (κ3) is 2.52. The standard InChI is InChI=1S/C13H14BrCl2NO2S/c14-8-5-10-2-3-11(6-8)17(10)20(18,19)13-7-9(15)1-4-12(13)16/h1,4,7-8,10-11H,2-3,5-6H2. The molecule has 2 heterocycles. The number of hydrogen-bond donors (Lipinski definition) is 0. The molecule has 0 aromatic heterocycles. The van der Waals surface area contributed by atoms with Gasteiger partial charge in [-0.2, -0.15) is 4.31 Å².